The van der Waals surface area contributed by atoms with Gasteiger partial charge < -0.3 is 122 Å². The van der Waals surface area contributed by atoms with E-state index < -0.39 is 0 Å². The van der Waals surface area contributed by atoms with E-state index in [4.69, 9.17) is 0 Å². The van der Waals surface area contributed by atoms with E-state index in [1.807, 2.05) is 257 Å². The Balaban J connectivity index is -0.000000471. The molecular formula is C67H92Ce4N24. The van der Waals surface area contributed by atoms with Crippen molar-refractivity contribution in [3.8, 4) is 0 Å². The fourth-order valence-corrected chi connectivity index (χ4v) is 6.75. The van der Waals surface area contributed by atoms with Gasteiger partial charge in [0.2, 0.25) is 0 Å². The van der Waals surface area contributed by atoms with E-state index in [1.165, 1.54) is 5.56 Å². The van der Waals surface area contributed by atoms with Gasteiger partial charge in [-0.05, 0) is 90.0 Å². The predicted octanol–water partition coefficient (Wildman–Crippen LogP) is 9.86. The summed E-state index contributed by atoms with van der Waals surface area (Å²) in [6.45, 7) is 48.4. The minimum atomic E-state index is 0. The maximum Gasteiger partial charge on any atom is 3.00 e. The van der Waals surface area contributed by atoms with Crippen molar-refractivity contribution in [2.45, 2.75) is 173 Å². The summed E-state index contributed by atoms with van der Waals surface area (Å²) in [6, 6.07) is 33.6. The van der Waals surface area contributed by atoms with E-state index in [0.717, 1.165) is 137 Å². The molecule has 12 aromatic heterocycles. The minimum Gasteiger partial charge on any atom is -0.579 e. The second-order valence-electron chi connectivity index (χ2n) is 21.2. The average Bonchev–Trinajstić information content (AvgIpc) is 4.52. The molecule has 0 amide bonds. The molecule has 95 heavy (non-hydrogen) atoms. The fraction of sp³-hybridized carbons (Fsp3) is 0.373. The number of rotatable bonds is 0. The minimum absolute atomic E-state index is 0. The van der Waals surface area contributed by atoms with Gasteiger partial charge in [-0.2, -0.15) is 0 Å². The molecule has 4 radical (unpaired) electrons. The second-order valence-corrected chi connectivity index (χ2v) is 21.2. The van der Waals surface area contributed by atoms with Crippen LogP contribution in [0.2, 0.25) is 0 Å². The van der Waals surface area contributed by atoms with Gasteiger partial charge in [0.1, 0.15) is 0 Å². The Morgan fingerprint density at radius 1 is 0.158 bits per heavy atom. The van der Waals surface area contributed by atoms with Gasteiger partial charge in [-0.25, -0.2) is 0 Å². The summed E-state index contributed by atoms with van der Waals surface area (Å²) in [5.74, 6) is 0. The molecule has 0 atom stereocenters. The second kappa shape index (κ2) is 56.2. The molecule has 24 nitrogen and oxygen atoms in total. The van der Waals surface area contributed by atoms with Gasteiger partial charge >= 0.3 is 167 Å². The van der Waals surface area contributed by atoms with Crippen LogP contribution in [0, 0.1) is 340 Å². The van der Waals surface area contributed by atoms with Crippen molar-refractivity contribution in [1.82, 2.24) is 122 Å². The number of aromatic nitrogens is 24. The van der Waals surface area contributed by atoms with Gasteiger partial charge in [-0.3, -0.25) is 0 Å². The monoisotopic (exact) mass is 1790 g/mol. The van der Waals surface area contributed by atoms with E-state index in [2.05, 4.69) is 141 Å². The first-order valence-electron chi connectivity index (χ1n) is 29.1. The van der Waals surface area contributed by atoms with Crippen molar-refractivity contribution in [2.24, 2.45) is 0 Å². The zero-order valence-electron chi connectivity index (χ0n) is 60.0. The molecular weight excluding hydrogens is 1700 g/mol. The summed E-state index contributed by atoms with van der Waals surface area (Å²) in [4.78, 5) is 0. The Morgan fingerprint density at radius 3 is 0.284 bits per heavy atom. The van der Waals surface area contributed by atoms with Gasteiger partial charge in [-0.1, -0.05) is 192 Å². The first kappa shape index (κ1) is 96.6. The van der Waals surface area contributed by atoms with E-state index in [-0.39, 0.29) is 167 Å². The summed E-state index contributed by atoms with van der Waals surface area (Å²) in [5, 5.41) is 90.4. The fourth-order valence-electron chi connectivity index (χ4n) is 6.75. The molecule has 0 aliphatic carbocycles. The summed E-state index contributed by atoms with van der Waals surface area (Å²) in [6.07, 6.45) is 0. The standard InChI is InChI=1S/C7H8.12C5H7N2.4Ce/c1-7-5-3-2-4-6-7;12*1-4-3-5(2)7-6-4;;;;/h2-6H,1H3;12*3H,1-2H3;;;;/q;12*-1;4*+3. The van der Waals surface area contributed by atoms with Crippen molar-refractivity contribution in [1.29, 1.82) is 0 Å². The molecule has 0 saturated carbocycles. The molecule has 12 heterocycles. The van der Waals surface area contributed by atoms with Gasteiger partial charge in [0.25, 0.3) is 0 Å². The normalized spacial score (nSPS) is 8.98. The molecule has 0 aliphatic heterocycles. The Kier molecular flexibility index (Phi) is 57.1. The molecule has 0 spiro atoms. The molecule has 496 valence electrons. The Morgan fingerprint density at radius 2 is 0.253 bits per heavy atom. The zero-order chi connectivity index (χ0) is 68.4. The Hall–Kier alpha value is -4.75. The number of hydrogen-bond acceptors (Lipinski definition) is 12. The van der Waals surface area contributed by atoms with Crippen LogP contribution in [0.1, 0.15) is 142 Å². The molecule has 0 unspecified atom stereocenters. The van der Waals surface area contributed by atoms with Crippen molar-refractivity contribution < 1.29 is 167 Å². The predicted molar refractivity (Wildman–Crippen MR) is 356 cm³/mol. The van der Waals surface area contributed by atoms with Crippen LogP contribution in [-0.4, -0.2) is 61.2 Å². The maximum atomic E-state index is 3.77. The summed E-state index contributed by atoms with van der Waals surface area (Å²) in [5.41, 5.74) is 25.3. The molecule has 0 aliphatic rings. The first-order valence-corrected chi connectivity index (χ1v) is 29.1. The van der Waals surface area contributed by atoms with E-state index in [1.54, 1.807) is 0 Å². The summed E-state index contributed by atoms with van der Waals surface area (Å²) < 4.78 is 0. The third kappa shape index (κ3) is 54.9. The van der Waals surface area contributed by atoms with E-state index in [9.17, 15) is 0 Å². The zero-order valence-corrected chi connectivity index (χ0v) is 72.6. The quantitative estimate of drug-likeness (QED) is 0.136. The van der Waals surface area contributed by atoms with E-state index in [0.29, 0.717) is 0 Å². The Labute approximate surface area is 698 Å². The van der Waals surface area contributed by atoms with Crippen LogP contribution in [0.15, 0.2) is 103 Å². The van der Waals surface area contributed by atoms with Gasteiger partial charge in [0.15, 0.2) is 0 Å². The SMILES string of the molecule is Cc1cc(C)[n-]n1.Cc1cc(C)[n-]n1.Cc1cc(C)[n-]n1.Cc1cc(C)[n-]n1.Cc1cc(C)[n-]n1.Cc1cc(C)[n-]n1.Cc1cc(C)[n-]n1.Cc1cc(C)[n-]n1.Cc1cc(C)[n-]n1.Cc1cc(C)[n-]n1.Cc1cc(C)[n-]n1.Cc1cc(C)[n-]n1.Cc1ccccc1.[Ce+3].[Ce+3].[Ce+3].[Ce+3]. The number of benzene rings is 1. The third-order valence-corrected chi connectivity index (χ3v) is 10.3. The summed E-state index contributed by atoms with van der Waals surface area (Å²) in [7, 11) is 0. The van der Waals surface area contributed by atoms with Crippen molar-refractivity contribution in [3.05, 3.63) is 245 Å². The van der Waals surface area contributed by atoms with Crippen LogP contribution >= 0.6 is 0 Å². The van der Waals surface area contributed by atoms with Crippen LogP contribution in [0.3, 0.4) is 0 Å². The largest absolute Gasteiger partial charge is 3.00 e. The maximum absolute atomic E-state index is 3.77. The van der Waals surface area contributed by atoms with Gasteiger partial charge in [0, 0.05) is 68.3 Å². The molecule has 1 aromatic carbocycles. The van der Waals surface area contributed by atoms with Crippen molar-refractivity contribution in [3.63, 3.8) is 0 Å². The smallest absolute Gasteiger partial charge is 0.579 e. The third-order valence-electron chi connectivity index (χ3n) is 10.3. The number of aryl methyl sites for hydroxylation is 25. The molecule has 0 fully saturated rings. The molecule has 0 bridgehead atoms. The van der Waals surface area contributed by atoms with Crippen molar-refractivity contribution in [2.75, 3.05) is 0 Å². The van der Waals surface area contributed by atoms with E-state index >= 15 is 0 Å². The topological polar surface area (TPSA) is 324 Å². The summed E-state index contributed by atoms with van der Waals surface area (Å²) >= 11 is 0. The van der Waals surface area contributed by atoms with Crippen LogP contribution in [0.25, 0.3) is 0 Å². The van der Waals surface area contributed by atoms with Gasteiger partial charge in [0.05, 0.1) is 0 Å². The molecule has 0 N–H and O–H groups in total. The van der Waals surface area contributed by atoms with Crippen LogP contribution in [-0.2, 0) is 0 Å². The molecule has 13 rings (SSSR count). The molecule has 28 heteroatoms. The number of hydrogen-bond donors (Lipinski definition) is 0. The van der Waals surface area contributed by atoms with Crippen LogP contribution in [0.4, 0.5) is 0 Å². The van der Waals surface area contributed by atoms with Crippen LogP contribution < -0.4 is 61.2 Å². The Bertz CT molecular complexity index is 2830. The molecule has 13 aromatic rings. The first-order chi connectivity index (χ1) is 42.8. The molecule has 0 saturated heterocycles. The number of nitrogens with zero attached hydrogens (tertiary/aromatic N) is 24. The van der Waals surface area contributed by atoms with Crippen molar-refractivity contribution >= 4 is 0 Å². The van der Waals surface area contributed by atoms with Crippen LogP contribution in [0.5, 0.6) is 0 Å². The van der Waals surface area contributed by atoms with Gasteiger partial charge in [-0.15, -0.1) is 68.3 Å². The average molecular weight is 1790 g/mol.